The van der Waals surface area contributed by atoms with E-state index in [1.165, 1.54) is 5.56 Å². The maximum atomic E-state index is 6.26. The predicted molar refractivity (Wildman–Crippen MR) is 96.0 cm³/mol. The molecule has 0 saturated heterocycles. The van der Waals surface area contributed by atoms with Crippen molar-refractivity contribution in [1.82, 2.24) is 9.55 Å². The summed E-state index contributed by atoms with van der Waals surface area (Å²) in [5.41, 5.74) is 3.35. The second kappa shape index (κ2) is 7.54. The van der Waals surface area contributed by atoms with Gasteiger partial charge in [0.15, 0.2) is 6.04 Å². The summed E-state index contributed by atoms with van der Waals surface area (Å²) >= 11 is 6.26. The summed E-state index contributed by atoms with van der Waals surface area (Å²) in [6.07, 6.45) is 8.08. The van der Waals surface area contributed by atoms with Gasteiger partial charge in [0.05, 0.1) is 12.6 Å². The highest BCUT2D eigenvalue weighted by atomic mass is 127. The van der Waals surface area contributed by atoms with Crippen LogP contribution in [0.3, 0.4) is 0 Å². The van der Waals surface area contributed by atoms with E-state index in [0.717, 1.165) is 21.5 Å². The number of benzene rings is 2. The van der Waals surface area contributed by atoms with Crippen molar-refractivity contribution < 1.29 is 28.5 Å². The van der Waals surface area contributed by atoms with Crippen molar-refractivity contribution in [1.29, 1.82) is 0 Å². The number of nitrogens with zero attached hydrogens (tertiary/aromatic N) is 3. The Kier molecular flexibility index (Phi) is 5.39. The van der Waals surface area contributed by atoms with Gasteiger partial charge in [0.2, 0.25) is 6.33 Å². The normalized spacial score (nSPS) is 11.9. The van der Waals surface area contributed by atoms with Crippen LogP contribution < -0.4 is 28.5 Å². The molecule has 5 heteroatoms. The first-order valence-corrected chi connectivity index (χ1v) is 8.22. The number of pyridine rings is 1. The van der Waals surface area contributed by atoms with Crippen molar-refractivity contribution >= 4 is 22.5 Å². The number of hydrogen-bond donors (Lipinski definition) is 0. The third-order valence-electron chi connectivity index (χ3n) is 4.23. The third-order valence-corrected chi connectivity index (χ3v) is 4.46. The average molecular weight is 462 g/mol. The fraction of sp³-hybridized carbons (Fsp3) is 0.100. The number of imidazole rings is 1. The van der Waals surface area contributed by atoms with Gasteiger partial charge in [-0.1, -0.05) is 41.9 Å². The summed E-state index contributed by atoms with van der Waals surface area (Å²) in [6, 6.07) is 18.4. The Morgan fingerprint density at radius 3 is 2.68 bits per heavy atom. The number of rotatable bonds is 3. The van der Waals surface area contributed by atoms with E-state index in [2.05, 4.69) is 46.3 Å². The smallest absolute Gasteiger partial charge is 0.244 e. The van der Waals surface area contributed by atoms with Crippen molar-refractivity contribution in [3.63, 3.8) is 0 Å². The van der Waals surface area contributed by atoms with Gasteiger partial charge in [-0.2, -0.15) is 0 Å². The lowest BCUT2D eigenvalue weighted by Gasteiger charge is -2.17. The zero-order valence-electron chi connectivity index (χ0n) is 13.7. The molecule has 2 heterocycles. The minimum absolute atomic E-state index is 0. The van der Waals surface area contributed by atoms with Gasteiger partial charge in [0, 0.05) is 27.7 Å². The van der Waals surface area contributed by atoms with Crippen molar-refractivity contribution in [3.05, 3.63) is 95.7 Å². The number of fused-ring (bicyclic) bond motifs is 1. The van der Waals surface area contributed by atoms with E-state index in [1.54, 1.807) is 0 Å². The van der Waals surface area contributed by atoms with Crippen LogP contribution in [-0.4, -0.2) is 9.55 Å². The Morgan fingerprint density at radius 2 is 1.92 bits per heavy atom. The molecule has 0 aliphatic carbocycles. The number of aromatic nitrogens is 3. The Morgan fingerprint density at radius 1 is 1.08 bits per heavy atom. The molecule has 0 bridgehead atoms. The molecule has 3 nitrogen and oxygen atoms in total. The number of aryl methyl sites for hydroxylation is 1. The number of hydrogen-bond acceptors (Lipinski definition) is 1. The molecule has 0 fully saturated rings. The van der Waals surface area contributed by atoms with Crippen LogP contribution in [0.15, 0.2) is 79.5 Å². The van der Waals surface area contributed by atoms with Crippen LogP contribution in [0.4, 0.5) is 0 Å². The van der Waals surface area contributed by atoms with Crippen LogP contribution in [0.25, 0.3) is 10.9 Å². The van der Waals surface area contributed by atoms with Crippen molar-refractivity contribution in [2.75, 3.05) is 0 Å². The van der Waals surface area contributed by atoms with Gasteiger partial charge in [-0.3, -0.25) is 4.98 Å². The Balaban J connectivity index is 0.00000182. The van der Waals surface area contributed by atoms with Crippen LogP contribution in [0, 0.1) is 0 Å². The second-order valence-corrected chi connectivity index (χ2v) is 6.34. The quantitative estimate of drug-likeness (QED) is 0.331. The van der Waals surface area contributed by atoms with Crippen molar-refractivity contribution in [3.8, 4) is 0 Å². The Bertz CT molecular complexity index is 1010. The van der Waals surface area contributed by atoms with E-state index in [9.17, 15) is 0 Å². The summed E-state index contributed by atoms with van der Waals surface area (Å²) < 4.78 is 4.24. The predicted octanol–water partition coefficient (Wildman–Crippen LogP) is 1.16. The van der Waals surface area contributed by atoms with Crippen LogP contribution in [0.5, 0.6) is 0 Å². The van der Waals surface area contributed by atoms with Crippen LogP contribution in [0.1, 0.15) is 17.2 Å². The molecule has 126 valence electrons. The molecular formula is C20H17ClIN3. The summed E-state index contributed by atoms with van der Waals surface area (Å²) in [5.74, 6) is 0. The zero-order chi connectivity index (χ0) is 16.5. The maximum Gasteiger partial charge on any atom is 0.244 e. The lowest BCUT2D eigenvalue weighted by molar-refractivity contribution is -0.671. The largest absolute Gasteiger partial charge is 1.00 e. The monoisotopic (exact) mass is 461 g/mol. The highest BCUT2D eigenvalue weighted by Gasteiger charge is 2.23. The van der Waals surface area contributed by atoms with Gasteiger partial charge in [0.25, 0.3) is 0 Å². The van der Waals surface area contributed by atoms with Gasteiger partial charge in [-0.05, 0) is 24.3 Å². The fourth-order valence-electron chi connectivity index (χ4n) is 3.17. The minimum atomic E-state index is 0. The highest BCUT2D eigenvalue weighted by Crippen LogP contribution is 2.32. The topological polar surface area (TPSA) is 21.7 Å². The third kappa shape index (κ3) is 3.55. The molecule has 2 aromatic heterocycles. The van der Waals surface area contributed by atoms with Crippen molar-refractivity contribution in [2.45, 2.75) is 6.04 Å². The lowest BCUT2D eigenvalue weighted by atomic mass is 9.95. The van der Waals surface area contributed by atoms with E-state index < -0.39 is 0 Å². The van der Waals surface area contributed by atoms with Gasteiger partial charge in [-0.25, -0.2) is 9.13 Å². The fourth-order valence-corrected chi connectivity index (χ4v) is 3.37. The zero-order valence-corrected chi connectivity index (χ0v) is 16.6. The van der Waals surface area contributed by atoms with Gasteiger partial charge < -0.3 is 24.0 Å². The van der Waals surface area contributed by atoms with Crippen LogP contribution in [-0.2, 0) is 7.05 Å². The van der Waals surface area contributed by atoms with Crippen molar-refractivity contribution in [2.24, 2.45) is 7.05 Å². The molecule has 4 rings (SSSR count). The lowest BCUT2D eigenvalue weighted by Crippen LogP contribution is -3.00. The van der Waals surface area contributed by atoms with Gasteiger partial charge in [-0.15, -0.1) is 0 Å². The first-order chi connectivity index (χ1) is 11.7. The summed E-state index contributed by atoms with van der Waals surface area (Å²) in [5, 5.41) is 1.90. The second-order valence-electron chi connectivity index (χ2n) is 5.90. The molecule has 25 heavy (non-hydrogen) atoms. The number of halogens is 2. The van der Waals surface area contributed by atoms with E-state index in [0.29, 0.717) is 0 Å². The van der Waals surface area contributed by atoms with Crippen LogP contribution >= 0.6 is 11.6 Å². The molecule has 2 aromatic carbocycles. The van der Waals surface area contributed by atoms with E-state index in [1.807, 2.05) is 54.3 Å². The Labute approximate surface area is 168 Å². The molecule has 0 amide bonds. The SMILES string of the molecule is C[n+]1ccn(C(c2cccc(Cl)c2)c2ccnc3ccccc23)c1.[I-]. The maximum absolute atomic E-state index is 6.26. The minimum Gasteiger partial charge on any atom is -1.00 e. The van der Waals surface area contributed by atoms with Crippen LogP contribution in [0.2, 0.25) is 5.02 Å². The number of para-hydroxylation sites is 1. The summed E-state index contributed by atoms with van der Waals surface area (Å²) in [4.78, 5) is 4.49. The summed E-state index contributed by atoms with van der Waals surface area (Å²) in [7, 11) is 2.02. The first-order valence-electron chi connectivity index (χ1n) is 7.84. The standard InChI is InChI=1S/C20H17ClN3.HI/c1-23-11-12-24(14-23)20(15-5-4-6-16(21)13-15)18-9-10-22-19-8-3-2-7-17(18)19;/h2-14,20H,1H3;1H/q+1;/p-1. The highest BCUT2D eigenvalue weighted by molar-refractivity contribution is 6.30. The molecule has 4 aromatic rings. The van der Waals surface area contributed by atoms with E-state index in [-0.39, 0.29) is 30.0 Å². The van der Waals surface area contributed by atoms with Gasteiger partial charge in [0.1, 0.15) is 12.4 Å². The van der Waals surface area contributed by atoms with Gasteiger partial charge >= 0.3 is 0 Å². The molecular weight excluding hydrogens is 445 g/mol. The first kappa shape index (κ1) is 17.9. The molecule has 0 saturated carbocycles. The Hall–Kier alpha value is -1.92. The molecule has 1 atom stereocenters. The molecule has 0 N–H and O–H groups in total. The molecule has 0 spiro atoms. The molecule has 1 unspecified atom stereocenters. The molecule has 0 aliphatic rings. The molecule has 0 radical (unpaired) electrons. The van der Waals surface area contributed by atoms with E-state index >= 15 is 0 Å². The van der Waals surface area contributed by atoms with E-state index in [4.69, 9.17) is 11.6 Å². The summed E-state index contributed by atoms with van der Waals surface area (Å²) in [6.45, 7) is 0. The molecule has 0 aliphatic heterocycles. The average Bonchev–Trinajstić information content (AvgIpc) is 3.01.